The maximum Gasteiger partial charge on any atom is 0.182 e. The van der Waals surface area contributed by atoms with Gasteiger partial charge in [0.15, 0.2) is 5.82 Å². The molecule has 5 heteroatoms. The van der Waals surface area contributed by atoms with Crippen molar-refractivity contribution in [2.45, 2.75) is 50.7 Å². The Bertz CT molecular complexity index is 378. The van der Waals surface area contributed by atoms with Crippen LogP contribution in [0.4, 0.5) is 0 Å². The first-order valence-electron chi connectivity index (χ1n) is 6.58. The zero-order valence-electron chi connectivity index (χ0n) is 10.3. The van der Waals surface area contributed by atoms with Crippen LogP contribution in [0.1, 0.15) is 56.7 Å². The number of aromatic nitrogens is 3. The van der Waals surface area contributed by atoms with Crippen LogP contribution in [0.25, 0.3) is 0 Å². The Morgan fingerprint density at radius 2 is 2.29 bits per heavy atom. The lowest BCUT2D eigenvalue weighted by molar-refractivity contribution is -0.0758. The van der Waals surface area contributed by atoms with Crippen LogP contribution < -0.4 is 5.32 Å². The summed E-state index contributed by atoms with van der Waals surface area (Å²) in [5, 5.41) is 10.8. The van der Waals surface area contributed by atoms with Gasteiger partial charge in [-0.15, -0.1) is 0 Å². The van der Waals surface area contributed by atoms with Gasteiger partial charge in [0.05, 0.1) is 6.04 Å². The molecule has 0 saturated carbocycles. The molecule has 17 heavy (non-hydrogen) atoms. The fourth-order valence-electron chi connectivity index (χ4n) is 2.69. The van der Waals surface area contributed by atoms with Gasteiger partial charge in [-0.25, -0.2) is 4.98 Å². The maximum absolute atomic E-state index is 5.86. The van der Waals surface area contributed by atoms with Crippen molar-refractivity contribution in [1.29, 1.82) is 0 Å². The minimum atomic E-state index is -0.286. The SMILES string of the molecule is CC1(c2n[nH]c(C3CCCN3)n2)CCCCO1. The molecule has 3 heterocycles. The number of nitrogens with zero attached hydrogens (tertiary/aromatic N) is 2. The number of ether oxygens (including phenoxy) is 1. The van der Waals surface area contributed by atoms with Gasteiger partial charge in [0.25, 0.3) is 0 Å². The average Bonchev–Trinajstić information content (AvgIpc) is 3.01. The molecule has 0 aliphatic carbocycles. The topological polar surface area (TPSA) is 62.8 Å². The van der Waals surface area contributed by atoms with Gasteiger partial charge in [-0.05, 0) is 45.6 Å². The molecule has 0 spiro atoms. The summed E-state index contributed by atoms with van der Waals surface area (Å²) in [5.74, 6) is 1.79. The van der Waals surface area contributed by atoms with Gasteiger partial charge in [0.1, 0.15) is 11.4 Å². The highest BCUT2D eigenvalue weighted by atomic mass is 16.5. The molecule has 3 rings (SSSR count). The van der Waals surface area contributed by atoms with E-state index in [2.05, 4.69) is 27.4 Å². The van der Waals surface area contributed by atoms with Gasteiger partial charge in [-0.1, -0.05) is 0 Å². The van der Waals surface area contributed by atoms with Crippen molar-refractivity contribution in [1.82, 2.24) is 20.5 Å². The molecular weight excluding hydrogens is 216 g/mol. The van der Waals surface area contributed by atoms with Gasteiger partial charge in [-0.3, -0.25) is 5.10 Å². The summed E-state index contributed by atoms with van der Waals surface area (Å²) in [6.45, 7) is 4.00. The number of rotatable bonds is 2. The van der Waals surface area contributed by atoms with Crippen molar-refractivity contribution in [3.8, 4) is 0 Å². The van der Waals surface area contributed by atoms with E-state index in [-0.39, 0.29) is 5.60 Å². The Morgan fingerprint density at radius 3 is 3.00 bits per heavy atom. The predicted octanol–water partition coefficient (Wildman–Crippen LogP) is 1.64. The lowest BCUT2D eigenvalue weighted by atomic mass is 9.95. The summed E-state index contributed by atoms with van der Waals surface area (Å²) in [4.78, 5) is 4.63. The van der Waals surface area contributed by atoms with E-state index in [9.17, 15) is 0 Å². The van der Waals surface area contributed by atoms with Gasteiger partial charge in [0, 0.05) is 6.61 Å². The molecule has 0 aromatic carbocycles. The molecule has 0 amide bonds. The molecular formula is C12H20N4O. The summed E-state index contributed by atoms with van der Waals surface area (Å²) < 4.78 is 5.86. The van der Waals surface area contributed by atoms with Crippen molar-refractivity contribution in [3.63, 3.8) is 0 Å². The first-order valence-corrected chi connectivity index (χ1v) is 6.58. The third kappa shape index (κ3) is 2.09. The quantitative estimate of drug-likeness (QED) is 0.819. The summed E-state index contributed by atoms with van der Waals surface area (Å²) >= 11 is 0. The second-order valence-electron chi connectivity index (χ2n) is 5.23. The van der Waals surface area contributed by atoms with E-state index >= 15 is 0 Å². The third-order valence-corrected chi connectivity index (χ3v) is 3.83. The molecule has 2 unspecified atom stereocenters. The first-order chi connectivity index (χ1) is 8.28. The molecule has 2 fully saturated rings. The summed E-state index contributed by atoms with van der Waals surface area (Å²) in [7, 11) is 0. The smallest absolute Gasteiger partial charge is 0.182 e. The van der Waals surface area contributed by atoms with Gasteiger partial charge in [0.2, 0.25) is 0 Å². The Kier molecular flexibility index (Phi) is 2.88. The second-order valence-corrected chi connectivity index (χ2v) is 5.23. The summed E-state index contributed by atoms with van der Waals surface area (Å²) in [5.41, 5.74) is -0.286. The van der Waals surface area contributed by atoms with E-state index in [1.54, 1.807) is 0 Å². The maximum atomic E-state index is 5.86. The number of hydrogen-bond acceptors (Lipinski definition) is 4. The van der Waals surface area contributed by atoms with Crippen molar-refractivity contribution in [2.75, 3.05) is 13.2 Å². The number of aromatic amines is 1. The minimum absolute atomic E-state index is 0.286. The van der Waals surface area contributed by atoms with E-state index in [0.29, 0.717) is 6.04 Å². The molecule has 94 valence electrons. The fourth-order valence-corrected chi connectivity index (χ4v) is 2.69. The van der Waals surface area contributed by atoms with Crippen LogP contribution in [0.2, 0.25) is 0 Å². The summed E-state index contributed by atoms with van der Waals surface area (Å²) in [6.07, 6.45) is 5.72. The molecule has 0 bridgehead atoms. The molecule has 2 aliphatic rings. The second kappa shape index (κ2) is 4.38. The Morgan fingerprint density at radius 1 is 1.35 bits per heavy atom. The van der Waals surface area contributed by atoms with Crippen molar-refractivity contribution >= 4 is 0 Å². The van der Waals surface area contributed by atoms with Crippen LogP contribution in [-0.4, -0.2) is 28.3 Å². The first kappa shape index (κ1) is 11.2. The highest BCUT2D eigenvalue weighted by molar-refractivity contribution is 5.06. The van der Waals surface area contributed by atoms with Crippen LogP contribution in [0, 0.1) is 0 Å². The largest absolute Gasteiger partial charge is 0.367 e. The van der Waals surface area contributed by atoms with Crippen molar-refractivity contribution in [3.05, 3.63) is 11.6 Å². The average molecular weight is 236 g/mol. The van der Waals surface area contributed by atoms with Crippen LogP contribution in [0.5, 0.6) is 0 Å². The van der Waals surface area contributed by atoms with E-state index in [4.69, 9.17) is 4.74 Å². The van der Waals surface area contributed by atoms with Crippen LogP contribution in [-0.2, 0) is 10.3 Å². The highest BCUT2D eigenvalue weighted by Gasteiger charge is 2.34. The van der Waals surface area contributed by atoms with E-state index in [0.717, 1.165) is 44.1 Å². The lowest BCUT2D eigenvalue weighted by Crippen LogP contribution is -2.31. The molecule has 2 atom stereocenters. The zero-order chi connectivity index (χ0) is 11.7. The molecule has 2 saturated heterocycles. The molecule has 2 N–H and O–H groups in total. The standard InChI is InChI=1S/C12H20N4O/c1-12(6-2-3-8-17-12)11-14-10(15-16-11)9-5-4-7-13-9/h9,13H,2-8H2,1H3,(H,14,15,16). The van der Waals surface area contributed by atoms with Crippen molar-refractivity contribution < 1.29 is 4.74 Å². The molecule has 1 aromatic rings. The number of H-pyrrole nitrogens is 1. The normalized spacial score (nSPS) is 34.1. The zero-order valence-corrected chi connectivity index (χ0v) is 10.3. The number of nitrogens with one attached hydrogen (secondary N) is 2. The van der Waals surface area contributed by atoms with Crippen molar-refractivity contribution in [2.24, 2.45) is 0 Å². The van der Waals surface area contributed by atoms with E-state index in [1.165, 1.54) is 12.8 Å². The van der Waals surface area contributed by atoms with Crippen LogP contribution >= 0.6 is 0 Å². The van der Waals surface area contributed by atoms with Gasteiger partial charge >= 0.3 is 0 Å². The minimum Gasteiger partial charge on any atom is -0.367 e. The lowest BCUT2D eigenvalue weighted by Gasteiger charge is -2.31. The predicted molar refractivity (Wildman–Crippen MR) is 63.5 cm³/mol. The number of hydrogen-bond donors (Lipinski definition) is 2. The molecule has 2 aliphatic heterocycles. The van der Waals surface area contributed by atoms with Crippen LogP contribution in [0.15, 0.2) is 0 Å². The Labute approximate surface area is 101 Å². The highest BCUT2D eigenvalue weighted by Crippen LogP contribution is 2.33. The van der Waals surface area contributed by atoms with E-state index in [1.807, 2.05) is 0 Å². The Balaban J connectivity index is 1.78. The molecule has 5 nitrogen and oxygen atoms in total. The summed E-state index contributed by atoms with van der Waals surface area (Å²) in [6, 6.07) is 0.350. The molecule has 1 aromatic heterocycles. The fraction of sp³-hybridized carbons (Fsp3) is 0.833. The third-order valence-electron chi connectivity index (χ3n) is 3.83. The van der Waals surface area contributed by atoms with E-state index < -0.39 is 0 Å². The Hall–Kier alpha value is -0.940. The molecule has 0 radical (unpaired) electrons. The monoisotopic (exact) mass is 236 g/mol. The van der Waals surface area contributed by atoms with Gasteiger partial charge in [-0.2, -0.15) is 5.10 Å². The van der Waals surface area contributed by atoms with Crippen LogP contribution in [0.3, 0.4) is 0 Å². The van der Waals surface area contributed by atoms with Gasteiger partial charge < -0.3 is 10.1 Å².